The van der Waals surface area contributed by atoms with Crippen LogP contribution in [-0.2, 0) is 4.74 Å². The number of aromatic nitrogens is 3. The first-order chi connectivity index (χ1) is 11.2. The third-order valence-corrected chi connectivity index (χ3v) is 3.73. The molecule has 0 atom stereocenters. The second-order valence-corrected chi connectivity index (χ2v) is 5.31. The van der Waals surface area contributed by atoms with Gasteiger partial charge in [-0.05, 0) is 36.4 Å². The molecule has 3 aromatic heterocycles. The number of carbonyl (C=O) groups excluding carboxylic acids is 1. The van der Waals surface area contributed by atoms with Crippen LogP contribution in [-0.4, -0.2) is 27.7 Å². The highest BCUT2D eigenvalue weighted by Crippen LogP contribution is 2.27. The van der Waals surface area contributed by atoms with Crippen LogP contribution in [0.3, 0.4) is 0 Å². The Kier molecular flexibility index (Phi) is 3.06. The van der Waals surface area contributed by atoms with Gasteiger partial charge in [-0.15, -0.1) is 0 Å². The van der Waals surface area contributed by atoms with Crippen molar-refractivity contribution in [2.75, 3.05) is 7.11 Å². The third kappa shape index (κ3) is 2.24. The Bertz CT molecular complexity index is 1050. The number of esters is 1. The van der Waals surface area contributed by atoms with Crippen molar-refractivity contribution >= 4 is 34.2 Å². The highest BCUT2D eigenvalue weighted by molar-refractivity contribution is 6.29. The van der Waals surface area contributed by atoms with Gasteiger partial charge in [0.05, 0.1) is 19.0 Å². The second-order valence-electron chi connectivity index (χ2n) is 4.92. The van der Waals surface area contributed by atoms with E-state index in [0.29, 0.717) is 16.4 Å². The van der Waals surface area contributed by atoms with Gasteiger partial charge in [0.15, 0.2) is 5.65 Å². The number of ether oxygens (including phenoxy) is 1. The summed E-state index contributed by atoms with van der Waals surface area (Å²) in [4.78, 5) is 15.9. The molecule has 0 aliphatic carbocycles. The van der Waals surface area contributed by atoms with Gasteiger partial charge >= 0.3 is 5.97 Å². The van der Waals surface area contributed by atoms with Gasteiger partial charge < -0.3 is 9.15 Å². The lowest BCUT2D eigenvalue weighted by atomic mass is 10.1. The van der Waals surface area contributed by atoms with E-state index in [1.165, 1.54) is 7.11 Å². The zero-order chi connectivity index (χ0) is 16.0. The van der Waals surface area contributed by atoms with E-state index in [1.807, 2.05) is 12.1 Å². The predicted molar refractivity (Wildman–Crippen MR) is 84.5 cm³/mol. The van der Waals surface area contributed by atoms with Crippen molar-refractivity contribution < 1.29 is 13.9 Å². The fraction of sp³-hybridized carbons (Fsp3) is 0.0625. The Morgan fingerprint density at radius 1 is 1.26 bits per heavy atom. The van der Waals surface area contributed by atoms with E-state index in [9.17, 15) is 4.79 Å². The molecule has 0 aliphatic heterocycles. The number of rotatable bonds is 2. The molecule has 0 fully saturated rings. The molecule has 4 rings (SSSR count). The molecular weight excluding hydrogens is 318 g/mol. The Morgan fingerprint density at radius 3 is 2.96 bits per heavy atom. The number of fused-ring (bicyclic) bond motifs is 2. The van der Waals surface area contributed by atoms with Crippen molar-refractivity contribution in [2.24, 2.45) is 0 Å². The van der Waals surface area contributed by atoms with Crippen LogP contribution in [0, 0.1) is 0 Å². The van der Waals surface area contributed by atoms with Crippen molar-refractivity contribution in [3.63, 3.8) is 0 Å². The van der Waals surface area contributed by atoms with Crippen molar-refractivity contribution in [3.05, 3.63) is 53.5 Å². The molecule has 0 N–H and O–H groups in total. The number of nitrogens with zero attached hydrogens (tertiary/aromatic N) is 3. The predicted octanol–water partition coefficient (Wildman–Crippen LogP) is 3.58. The third-order valence-electron chi connectivity index (χ3n) is 3.53. The quantitative estimate of drug-likeness (QED) is 0.526. The molecule has 0 saturated carbocycles. The van der Waals surface area contributed by atoms with Gasteiger partial charge in [-0.2, -0.15) is 5.10 Å². The molecule has 4 aromatic rings. The SMILES string of the molecule is COC(=O)c1cc2cc(-c3cnc4ccc(Cl)nn34)ccc2o1. The van der Waals surface area contributed by atoms with E-state index < -0.39 is 5.97 Å². The summed E-state index contributed by atoms with van der Waals surface area (Å²) in [5, 5.41) is 5.44. The van der Waals surface area contributed by atoms with Crippen LogP contribution >= 0.6 is 11.6 Å². The fourth-order valence-electron chi connectivity index (χ4n) is 2.45. The molecule has 0 bridgehead atoms. The normalized spacial score (nSPS) is 11.2. The van der Waals surface area contributed by atoms with Crippen LogP contribution in [0.4, 0.5) is 0 Å². The average Bonchev–Trinajstić information content (AvgIpc) is 3.16. The standard InChI is InChI=1S/C16H10ClN3O3/c1-22-16(21)13-7-10-6-9(2-3-12(10)23-13)11-8-18-15-5-4-14(17)19-20(11)15/h2-8H,1H3. The minimum absolute atomic E-state index is 0.166. The number of carbonyl (C=O) groups is 1. The van der Waals surface area contributed by atoms with E-state index in [1.54, 1.807) is 35.0 Å². The molecular formula is C16H10ClN3O3. The van der Waals surface area contributed by atoms with Crippen molar-refractivity contribution in [1.29, 1.82) is 0 Å². The molecule has 0 unspecified atom stereocenters. The van der Waals surface area contributed by atoms with Gasteiger partial charge in [0.2, 0.25) is 5.76 Å². The maximum Gasteiger partial charge on any atom is 0.373 e. The molecule has 0 amide bonds. The first kappa shape index (κ1) is 13.8. The summed E-state index contributed by atoms with van der Waals surface area (Å²) in [6.07, 6.45) is 1.72. The summed E-state index contributed by atoms with van der Waals surface area (Å²) >= 11 is 5.96. The topological polar surface area (TPSA) is 69.6 Å². The number of hydrogen-bond donors (Lipinski definition) is 0. The maximum atomic E-state index is 11.6. The summed E-state index contributed by atoms with van der Waals surface area (Å²) in [5.41, 5.74) is 2.99. The van der Waals surface area contributed by atoms with Gasteiger partial charge in [-0.1, -0.05) is 11.6 Å². The van der Waals surface area contributed by atoms with Gasteiger partial charge in [0, 0.05) is 10.9 Å². The van der Waals surface area contributed by atoms with Crippen molar-refractivity contribution in [3.8, 4) is 11.3 Å². The van der Waals surface area contributed by atoms with Crippen LogP contribution in [0.2, 0.25) is 5.15 Å². The highest BCUT2D eigenvalue weighted by atomic mass is 35.5. The summed E-state index contributed by atoms with van der Waals surface area (Å²) in [6, 6.07) is 10.7. The van der Waals surface area contributed by atoms with Crippen molar-refractivity contribution in [2.45, 2.75) is 0 Å². The van der Waals surface area contributed by atoms with E-state index >= 15 is 0 Å². The zero-order valence-corrected chi connectivity index (χ0v) is 12.7. The van der Waals surface area contributed by atoms with Crippen LogP contribution in [0.5, 0.6) is 0 Å². The van der Waals surface area contributed by atoms with Crippen LogP contribution in [0.1, 0.15) is 10.6 Å². The van der Waals surface area contributed by atoms with Gasteiger partial charge in [0.25, 0.3) is 0 Å². The lowest BCUT2D eigenvalue weighted by Crippen LogP contribution is -1.97. The summed E-state index contributed by atoms with van der Waals surface area (Å²) in [5.74, 6) is -0.343. The Morgan fingerprint density at radius 2 is 2.13 bits per heavy atom. The van der Waals surface area contributed by atoms with Gasteiger partial charge in [-0.25, -0.2) is 14.3 Å². The summed E-state index contributed by atoms with van der Waals surface area (Å²) in [6.45, 7) is 0. The fourth-order valence-corrected chi connectivity index (χ4v) is 2.59. The Labute approximate surface area is 135 Å². The molecule has 114 valence electrons. The van der Waals surface area contributed by atoms with Crippen molar-refractivity contribution in [1.82, 2.24) is 14.6 Å². The second kappa shape index (κ2) is 5.10. The monoisotopic (exact) mass is 327 g/mol. The zero-order valence-electron chi connectivity index (χ0n) is 12.0. The average molecular weight is 328 g/mol. The first-order valence-electron chi connectivity index (χ1n) is 6.78. The number of methoxy groups -OCH3 is 1. The van der Waals surface area contributed by atoms with Gasteiger partial charge in [-0.3, -0.25) is 0 Å². The minimum atomic E-state index is -0.508. The first-order valence-corrected chi connectivity index (χ1v) is 7.16. The molecule has 0 saturated heterocycles. The smallest absolute Gasteiger partial charge is 0.373 e. The van der Waals surface area contributed by atoms with E-state index in [-0.39, 0.29) is 5.76 Å². The summed E-state index contributed by atoms with van der Waals surface area (Å²) < 4.78 is 11.8. The molecule has 0 radical (unpaired) electrons. The number of halogens is 1. The number of furan rings is 1. The summed E-state index contributed by atoms with van der Waals surface area (Å²) in [7, 11) is 1.31. The van der Waals surface area contributed by atoms with Crippen LogP contribution < -0.4 is 0 Å². The largest absolute Gasteiger partial charge is 0.463 e. The van der Waals surface area contributed by atoms with Gasteiger partial charge in [0.1, 0.15) is 10.7 Å². The van der Waals surface area contributed by atoms with E-state index in [0.717, 1.165) is 16.6 Å². The molecule has 0 aliphatic rings. The van der Waals surface area contributed by atoms with E-state index in [4.69, 9.17) is 16.0 Å². The number of benzene rings is 1. The maximum absolute atomic E-state index is 11.6. The number of hydrogen-bond acceptors (Lipinski definition) is 5. The Hall–Kier alpha value is -2.86. The lowest BCUT2D eigenvalue weighted by Gasteiger charge is -2.01. The number of imidazole rings is 1. The molecule has 6 nitrogen and oxygen atoms in total. The lowest BCUT2D eigenvalue weighted by molar-refractivity contribution is 0.0567. The Balaban J connectivity index is 1.87. The molecule has 1 aromatic carbocycles. The highest BCUT2D eigenvalue weighted by Gasteiger charge is 2.14. The molecule has 0 spiro atoms. The van der Waals surface area contributed by atoms with E-state index in [2.05, 4.69) is 14.8 Å². The molecule has 3 heterocycles. The minimum Gasteiger partial charge on any atom is -0.463 e. The molecule has 23 heavy (non-hydrogen) atoms. The molecule has 7 heteroatoms. The van der Waals surface area contributed by atoms with Crippen LogP contribution in [0.15, 0.2) is 47.0 Å². The van der Waals surface area contributed by atoms with Crippen LogP contribution in [0.25, 0.3) is 27.9 Å².